The van der Waals surface area contributed by atoms with Crippen LogP contribution in [0, 0.1) is 11.3 Å². The van der Waals surface area contributed by atoms with Crippen molar-refractivity contribution in [3.8, 4) is 11.8 Å². The first-order chi connectivity index (χ1) is 13.9. The second-order valence-corrected chi connectivity index (χ2v) is 8.46. The predicted molar refractivity (Wildman–Crippen MR) is 107 cm³/mol. The van der Waals surface area contributed by atoms with Gasteiger partial charge in [0.1, 0.15) is 16.7 Å². The normalized spacial score (nSPS) is 14.8. The summed E-state index contributed by atoms with van der Waals surface area (Å²) in [4.78, 5) is 12.6. The lowest BCUT2D eigenvalue weighted by Crippen LogP contribution is -2.40. The van der Waals surface area contributed by atoms with E-state index in [1.165, 1.54) is 47.8 Å². The highest BCUT2D eigenvalue weighted by Crippen LogP contribution is 2.29. The maximum atomic E-state index is 13.0. The summed E-state index contributed by atoms with van der Waals surface area (Å²) < 4.78 is 37.8. The molecule has 0 spiro atoms. The highest BCUT2D eigenvalue weighted by atomic mass is 35.5. The zero-order valence-corrected chi connectivity index (χ0v) is 17.1. The first-order valence-corrected chi connectivity index (χ1v) is 10.5. The Balaban J connectivity index is 1.90. The van der Waals surface area contributed by atoms with Crippen molar-refractivity contribution in [2.45, 2.75) is 4.90 Å². The third kappa shape index (κ3) is 4.52. The third-order valence-electron chi connectivity index (χ3n) is 4.36. The van der Waals surface area contributed by atoms with Crippen LogP contribution in [0.2, 0.25) is 5.02 Å². The Morgan fingerprint density at radius 2 is 1.97 bits per heavy atom. The van der Waals surface area contributed by atoms with E-state index in [1.807, 2.05) is 6.07 Å². The number of nitriles is 1. The second kappa shape index (κ2) is 8.80. The van der Waals surface area contributed by atoms with Crippen molar-refractivity contribution < 1.29 is 22.7 Å². The van der Waals surface area contributed by atoms with Gasteiger partial charge in [-0.15, -0.1) is 0 Å². The number of ether oxygens (including phenoxy) is 2. The average molecular weight is 436 g/mol. The van der Waals surface area contributed by atoms with Gasteiger partial charge >= 0.3 is 0 Å². The number of morpholine rings is 1. The fraction of sp³-hybridized carbons (Fsp3) is 0.263. The number of anilines is 1. The SMILES string of the molecule is COc1ccc(C(=O)Nc2ccc(C#N)c(Cl)c2)cc1S(=O)(=O)N1CCOCC1. The van der Waals surface area contributed by atoms with Gasteiger partial charge in [-0.2, -0.15) is 9.57 Å². The van der Waals surface area contributed by atoms with Gasteiger partial charge in [0.05, 0.1) is 30.9 Å². The number of carbonyl (C=O) groups excluding carboxylic acids is 1. The Morgan fingerprint density at radius 3 is 2.59 bits per heavy atom. The zero-order chi connectivity index (χ0) is 21.0. The lowest BCUT2D eigenvalue weighted by atomic mass is 10.2. The molecule has 1 saturated heterocycles. The Kier molecular flexibility index (Phi) is 6.39. The molecule has 152 valence electrons. The number of benzene rings is 2. The third-order valence-corrected chi connectivity index (χ3v) is 6.59. The number of halogens is 1. The molecule has 10 heteroatoms. The van der Waals surface area contributed by atoms with Crippen LogP contribution in [0.5, 0.6) is 5.75 Å². The molecule has 29 heavy (non-hydrogen) atoms. The van der Waals surface area contributed by atoms with E-state index in [1.54, 1.807) is 0 Å². The van der Waals surface area contributed by atoms with Crippen molar-refractivity contribution in [1.82, 2.24) is 4.31 Å². The van der Waals surface area contributed by atoms with Crippen LogP contribution in [0.15, 0.2) is 41.3 Å². The molecule has 0 aromatic heterocycles. The van der Waals surface area contributed by atoms with E-state index < -0.39 is 15.9 Å². The highest BCUT2D eigenvalue weighted by molar-refractivity contribution is 7.89. The van der Waals surface area contributed by atoms with Crippen molar-refractivity contribution in [2.24, 2.45) is 0 Å². The van der Waals surface area contributed by atoms with E-state index in [4.69, 9.17) is 26.3 Å². The Morgan fingerprint density at radius 1 is 1.24 bits per heavy atom. The summed E-state index contributed by atoms with van der Waals surface area (Å²) in [6, 6.07) is 10.6. The summed E-state index contributed by atoms with van der Waals surface area (Å²) in [6.45, 7) is 1.07. The monoisotopic (exact) mass is 435 g/mol. The van der Waals surface area contributed by atoms with Crippen molar-refractivity contribution in [2.75, 3.05) is 38.7 Å². The maximum Gasteiger partial charge on any atom is 0.255 e. The molecule has 0 saturated carbocycles. The first kappa shape index (κ1) is 21.1. The summed E-state index contributed by atoms with van der Waals surface area (Å²) in [5.41, 5.74) is 0.804. The number of hydrogen-bond acceptors (Lipinski definition) is 6. The minimum atomic E-state index is -3.86. The standard InChI is InChI=1S/C19H18ClN3O5S/c1-27-17-5-3-13(10-18(17)29(25,26)23-6-8-28-9-7-23)19(24)22-15-4-2-14(12-21)16(20)11-15/h2-5,10-11H,6-9H2,1H3,(H,22,24). The molecule has 0 atom stereocenters. The smallest absolute Gasteiger partial charge is 0.255 e. The molecule has 1 amide bonds. The van der Waals surface area contributed by atoms with Gasteiger partial charge in [0.25, 0.3) is 5.91 Å². The van der Waals surface area contributed by atoms with Crippen molar-refractivity contribution in [1.29, 1.82) is 5.26 Å². The highest BCUT2D eigenvalue weighted by Gasteiger charge is 2.30. The van der Waals surface area contributed by atoms with Gasteiger partial charge in [-0.25, -0.2) is 8.42 Å². The molecule has 3 rings (SSSR count). The fourth-order valence-corrected chi connectivity index (χ4v) is 4.64. The maximum absolute atomic E-state index is 13.0. The molecule has 0 aliphatic carbocycles. The van der Waals surface area contributed by atoms with Crippen LogP contribution in [-0.4, -0.2) is 52.0 Å². The second-order valence-electron chi connectivity index (χ2n) is 6.14. The summed E-state index contributed by atoms with van der Waals surface area (Å²) >= 11 is 5.98. The van der Waals surface area contributed by atoms with E-state index in [0.29, 0.717) is 18.9 Å². The minimum Gasteiger partial charge on any atom is -0.495 e. The number of carbonyl (C=O) groups is 1. The minimum absolute atomic E-state index is 0.0904. The molecule has 8 nitrogen and oxygen atoms in total. The number of methoxy groups -OCH3 is 1. The van der Waals surface area contributed by atoms with Crippen LogP contribution in [0.25, 0.3) is 0 Å². The van der Waals surface area contributed by atoms with Gasteiger partial charge in [-0.3, -0.25) is 4.79 Å². The fourth-order valence-electron chi connectivity index (χ4n) is 2.83. The van der Waals surface area contributed by atoms with E-state index in [9.17, 15) is 13.2 Å². The number of sulfonamides is 1. The van der Waals surface area contributed by atoms with Crippen LogP contribution >= 0.6 is 11.6 Å². The Labute approximate surface area is 173 Å². The van der Waals surface area contributed by atoms with E-state index in [0.717, 1.165) is 0 Å². The quantitative estimate of drug-likeness (QED) is 0.772. The van der Waals surface area contributed by atoms with E-state index >= 15 is 0 Å². The summed E-state index contributed by atoms with van der Waals surface area (Å²) in [6.07, 6.45) is 0. The molecule has 1 fully saturated rings. The van der Waals surface area contributed by atoms with Gasteiger partial charge in [0, 0.05) is 24.3 Å². The number of nitrogens with zero attached hydrogens (tertiary/aromatic N) is 2. The van der Waals surface area contributed by atoms with Crippen LogP contribution in [0.1, 0.15) is 15.9 Å². The molecule has 1 aliphatic heterocycles. The summed E-state index contributed by atoms with van der Waals surface area (Å²) in [5, 5.41) is 11.8. The largest absolute Gasteiger partial charge is 0.495 e. The number of nitrogens with one attached hydrogen (secondary N) is 1. The summed E-state index contributed by atoms with van der Waals surface area (Å²) in [5.74, 6) is -0.374. The van der Waals surface area contributed by atoms with Crippen LogP contribution in [0.4, 0.5) is 5.69 Å². The molecule has 0 unspecified atom stereocenters. The topological polar surface area (TPSA) is 109 Å². The predicted octanol–water partition coefficient (Wildman–Crippen LogP) is 2.49. The molecule has 2 aromatic rings. The lowest BCUT2D eigenvalue weighted by Gasteiger charge is -2.26. The van der Waals surface area contributed by atoms with Gasteiger partial charge < -0.3 is 14.8 Å². The molecule has 1 aliphatic rings. The Hall–Kier alpha value is -2.64. The molecule has 0 radical (unpaired) electrons. The van der Waals surface area contributed by atoms with Crippen LogP contribution in [-0.2, 0) is 14.8 Å². The van der Waals surface area contributed by atoms with Crippen LogP contribution < -0.4 is 10.1 Å². The van der Waals surface area contributed by atoms with Crippen molar-refractivity contribution in [3.63, 3.8) is 0 Å². The molecular formula is C19H18ClN3O5S. The summed E-state index contributed by atoms with van der Waals surface area (Å²) in [7, 11) is -2.49. The Bertz CT molecular complexity index is 1080. The lowest BCUT2D eigenvalue weighted by molar-refractivity contribution is 0.0729. The van der Waals surface area contributed by atoms with E-state index in [-0.39, 0.29) is 39.9 Å². The molecule has 2 aromatic carbocycles. The number of amides is 1. The number of rotatable bonds is 5. The first-order valence-electron chi connectivity index (χ1n) is 8.63. The molecule has 1 heterocycles. The molecule has 1 N–H and O–H groups in total. The van der Waals surface area contributed by atoms with Gasteiger partial charge in [-0.1, -0.05) is 11.6 Å². The van der Waals surface area contributed by atoms with Crippen molar-refractivity contribution in [3.05, 3.63) is 52.5 Å². The zero-order valence-electron chi connectivity index (χ0n) is 15.5. The van der Waals surface area contributed by atoms with Gasteiger partial charge in [-0.05, 0) is 36.4 Å². The van der Waals surface area contributed by atoms with E-state index in [2.05, 4.69) is 5.32 Å². The number of hydrogen-bond donors (Lipinski definition) is 1. The van der Waals surface area contributed by atoms with Gasteiger partial charge in [0.2, 0.25) is 10.0 Å². The molecule has 0 bridgehead atoms. The van der Waals surface area contributed by atoms with Crippen LogP contribution in [0.3, 0.4) is 0 Å². The average Bonchev–Trinajstić information content (AvgIpc) is 2.74. The van der Waals surface area contributed by atoms with Crippen molar-refractivity contribution >= 4 is 33.2 Å². The van der Waals surface area contributed by atoms with Gasteiger partial charge in [0.15, 0.2) is 0 Å². The molecular weight excluding hydrogens is 418 g/mol.